The quantitative estimate of drug-likeness (QED) is 0.907. The first-order valence-electron chi connectivity index (χ1n) is 9.06. The molecular formula is C18H21F2N5O. The van der Waals surface area contributed by atoms with Gasteiger partial charge in [0.2, 0.25) is 11.9 Å². The lowest BCUT2D eigenvalue weighted by Gasteiger charge is -2.29. The molecule has 0 saturated heterocycles. The number of hydrogen-bond acceptors (Lipinski definition) is 4. The van der Waals surface area contributed by atoms with E-state index in [9.17, 15) is 13.6 Å². The van der Waals surface area contributed by atoms with Crippen molar-refractivity contribution in [2.45, 2.75) is 62.8 Å². The van der Waals surface area contributed by atoms with Gasteiger partial charge in [0.15, 0.2) is 0 Å². The standard InChI is InChI=1S/C18H21F2N5O/c19-18(20)6-4-13(5-7-18)22-16(26)15-10-14(12-2-1-3-12)23-17(24-15)25-9-8-21-11-25/h8-13H,1-7H2,(H,22,26). The molecule has 8 heteroatoms. The molecule has 0 radical (unpaired) electrons. The summed E-state index contributed by atoms with van der Waals surface area (Å²) < 4.78 is 28.3. The van der Waals surface area contributed by atoms with Gasteiger partial charge in [-0.3, -0.25) is 9.36 Å². The number of aromatic nitrogens is 4. The molecule has 26 heavy (non-hydrogen) atoms. The Morgan fingerprint density at radius 2 is 1.96 bits per heavy atom. The minimum absolute atomic E-state index is 0.185. The van der Waals surface area contributed by atoms with Crippen LogP contribution in [0.3, 0.4) is 0 Å². The van der Waals surface area contributed by atoms with Crippen LogP contribution in [0.5, 0.6) is 0 Å². The predicted molar refractivity (Wildman–Crippen MR) is 90.4 cm³/mol. The summed E-state index contributed by atoms with van der Waals surface area (Å²) in [6.07, 6.45) is 8.41. The summed E-state index contributed by atoms with van der Waals surface area (Å²) in [5.41, 5.74) is 1.14. The lowest BCUT2D eigenvalue weighted by atomic mass is 9.82. The topological polar surface area (TPSA) is 72.7 Å². The molecular weight excluding hydrogens is 340 g/mol. The van der Waals surface area contributed by atoms with Gasteiger partial charge in [-0.25, -0.2) is 23.7 Å². The highest BCUT2D eigenvalue weighted by molar-refractivity contribution is 5.92. The average Bonchev–Trinajstić information content (AvgIpc) is 3.09. The molecule has 2 saturated carbocycles. The largest absolute Gasteiger partial charge is 0.348 e. The van der Waals surface area contributed by atoms with Crippen LogP contribution in [0.25, 0.3) is 5.95 Å². The van der Waals surface area contributed by atoms with Gasteiger partial charge >= 0.3 is 0 Å². The molecule has 2 aromatic rings. The van der Waals surface area contributed by atoms with E-state index in [-0.39, 0.29) is 43.3 Å². The number of amides is 1. The van der Waals surface area contributed by atoms with E-state index < -0.39 is 5.92 Å². The number of carbonyl (C=O) groups excluding carboxylic acids is 1. The van der Waals surface area contributed by atoms with Crippen molar-refractivity contribution < 1.29 is 13.6 Å². The van der Waals surface area contributed by atoms with Gasteiger partial charge < -0.3 is 5.32 Å². The number of halogens is 2. The van der Waals surface area contributed by atoms with Crippen molar-refractivity contribution in [3.8, 4) is 5.95 Å². The van der Waals surface area contributed by atoms with Crippen LogP contribution in [0, 0.1) is 0 Å². The minimum atomic E-state index is -2.61. The number of hydrogen-bond donors (Lipinski definition) is 1. The van der Waals surface area contributed by atoms with E-state index in [2.05, 4.69) is 20.3 Å². The molecule has 0 aromatic carbocycles. The highest BCUT2D eigenvalue weighted by Gasteiger charge is 2.35. The summed E-state index contributed by atoms with van der Waals surface area (Å²) in [5.74, 6) is -2.18. The Kier molecular flexibility index (Phi) is 4.42. The fourth-order valence-electron chi connectivity index (χ4n) is 3.42. The molecule has 138 valence electrons. The van der Waals surface area contributed by atoms with E-state index in [4.69, 9.17) is 0 Å². The lowest BCUT2D eigenvalue weighted by Crippen LogP contribution is -2.40. The summed E-state index contributed by atoms with van der Waals surface area (Å²) in [6, 6.07) is 1.50. The van der Waals surface area contributed by atoms with Crippen LogP contribution < -0.4 is 5.32 Å². The number of nitrogens with zero attached hydrogens (tertiary/aromatic N) is 4. The van der Waals surface area contributed by atoms with Crippen LogP contribution in [-0.2, 0) is 0 Å². The molecule has 2 aliphatic carbocycles. The van der Waals surface area contributed by atoms with Gasteiger partial charge in [-0.05, 0) is 31.7 Å². The van der Waals surface area contributed by atoms with Crippen LogP contribution in [0.4, 0.5) is 8.78 Å². The van der Waals surface area contributed by atoms with E-state index in [1.165, 1.54) is 0 Å². The molecule has 0 atom stereocenters. The third kappa shape index (κ3) is 3.59. The first-order valence-corrected chi connectivity index (χ1v) is 9.06. The molecule has 6 nitrogen and oxygen atoms in total. The van der Waals surface area contributed by atoms with Crippen LogP contribution in [-0.4, -0.2) is 37.4 Å². The summed E-state index contributed by atoms with van der Waals surface area (Å²) in [6.45, 7) is 0. The summed E-state index contributed by atoms with van der Waals surface area (Å²) in [4.78, 5) is 25.6. The van der Waals surface area contributed by atoms with E-state index in [1.807, 2.05) is 0 Å². The highest BCUT2D eigenvalue weighted by Crippen LogP contribution is 2.36. The Bertz CT molecular complexity index is 779. The fraction of sp³-hybridized carbons (Fsp3) is 0.556. The predicted octanol–water partition coefficient (Wildman–Crippen LogP) is 3.24. The Morgan fingerprint density at radius 3 is 2.58 bits per heavy atom. The van der Waals surface area contributed by atoms with Gasteiger partial charge in [0.05, 0.1) is 0 Å². The van der Waals surface area contributed by atoms with Gasteiger partial charge in [0.1, 0.15) is 12.0 Å². The third-order valence-corrected chi connectivity index (χ3v) is 5.28. The Balaban J connectivity index is 1.54. The zero-order chi connectivity index (χ0) is 18.1. The van der Waals surface area contributed by atoms with Crippen LogP contribution >= 0.6 is 0 Å². The van der Waals surface area contributed by atoms with Crippen LogP contribution in [0.2, 0.25) is 0 Å². The Labute approximate surface area is 150 Å². The smallest absolute Gasteiger partial charge is 0.270 e. The number of alkyl halides is 2. The van der Waals surface area contributed by atoms with Gasteiger partial charge in [0, 0.05) is 42.9 Å². The van der Waals surface area contributed by atoms with Crippen molar-refractivity contribution >= 4 is 5.91 Å². The van der Waals surface area contributed by atoms with E-state index in [1.54, 1.807) is 29.4 Å². The molecule has 0 spiro atoms. The maximum Gasteiger partial charge on any atom is 0.270 e. The van der Waals surface area contributed by atoms with E-state index in [0.29, 0.717) is 11.9 Å². The Hall–Kier alpha value is -2.38. The van der Waals surface area contributed by atoms with Crippen molar-refractivity contribution in [2.75, 3.05) is 0 Å². The fourth-order valence-corrected chi connectivity index (χ4v) is 3.42. The van der Waals surface area contributed by atoms with Gasteiger partial charge in [-0.2, -0.15) is 0 Å². The number of imidazole rings is 1. The lowest BCUT2D eigenvalue weighted by molar-refractivity contribution is -0.0399. The molecule has 1 amide bonds. The second-order valence-corrected chi connectivity index (χ2v) is 7.18. The van der Waals surface area contributed by atoms with Crippen molar-refractivity contribution in [3.63, 3.8) is 0 Å². The van der Waals surface area contributed by atoms with E-state index in [0.717, 1.165) is 25.0 Å². The first-order chi connectivity index (χ1) is 12.5. The summed E-state index contributed by atoms with van der Waals surface area (Å²) in [5, 5.41) is 2.86. The Morgan fingerprint density at radius 1 is 1.19 bits per heavy atom. The van der Waals surface area contributed by atoms with Crippen LogP contribution in [0.1, 0.15) is 67.0 Å². The van der Waals surface area contributed by atoms with Gasteiger partial charge in [0.25, 0.3) is 5.91 Å². The van der Waals surface area contributed by atoms with Crippen LogP contribution in [0.15, 0.2) is 24.8 Å². The zero-order valence-corrected chi connectivity index (χ0v) is 14.4. The molecule has 0 bridgehead atoms. The molecule has 0 unspecified atom stereocenters. The van der Waals surface area contributed by atoms with Crippen molar-refractivity contribution in [1.82, 2.24) is 24.8 Å². The number of carbonyl (C=O) groups is 1. The minimum Gasteiger partial charge on any atom is -0.348 e. The maximum atomic E-state index is 13.3. The van der Waals surface area contributed by atoms with Crippen molar-refractivity contribution in [2.24, 2.45) is 0 Å². The average molecular weight is 361 g/mol. The second kappa shape index (κ2) is 6.74. The normalized spacial score (nSPS) is 20.5. The second-order valence-electron chi connectivity index (χ2n) is 7.18. The third-order valence-electron chi connectivity index (χ3n) is 5.28. The number of rotatable bonds is 4. The first kappa shape index (κ1) is 17.1. The molecule has 1 N–H and O–H groups in total. The monoisotopic (exact) mass is 361 g/mol. The molecule has 2 aromatic heterocycles. The molecule has 4 rings (SSSR count). The zero-order valence-electron chi connectivity index (χ0n) is 14.4. The molecule has 2 aliphatic rings. The van der Waals surface area contributed by atoms with Gasteiger partial charge in [-0.15, -0.1) is 0 Å². The highest BCUT2D eigenvalue weighted by atomic mass is 19.3. The van der Waals surface area contributed by atoms with Crippen molar-refractivity contribution in [1.29, 1.82) is 0 Å². The maximum absolute atomic E-state index is 13.3. The van der Waals surface area contributed by atoms with Gasteiger partial charge in [-0.1, -0.05) is 6.42 Å². The van der Waals surface area contributed by atoms with Crippen molar-refractivity contribution in [3.05, 3.63) is 36.2 Å². The summed E-state index contributed by atoms with van der Waals surface area (Å²) >= 11 is 0. The molecule has 2 heterocycles. The van der Waals surface area contributed by atoms with E-state index >= 15 is 0 Å². The number of nitrogens with one attached hydrogen (secondary N) is 1. The SMILES string of the molecule is O=C(NC1CCC(F)(F)CC1)c1cc(C2CCC2)nc(-n2ccnc2)n1. The molecule has 2 fully saturated rings. The molecule has 0 aliphatic heterocycles. The summed E-state index contributed by atoms with van der Waals surface area (Å²) in [7, 11) is 0.